The Balaban J connectivity index is 1.72. The van der Waals surface area contributed by atoms with Crippen molar-refractivity contribution in [1.82, 2.24) is 0 Å². The number of hydrogen-bond donors (Lipinski definition) is 6. The van der Waals surface area contributed by atoms with E-state index >= 15 is 0 Å². The number of carbonyl (C=O) groups is 1. The van der Waals surface area contributed by atoms with Gasteiger partial charge in [0.25, 0.3) is 0 Å². The molecule has 9 nitrogen and oxygen atoms in total. The van der Waals surface area contributed by atoms with Gasteiger partial charge in [0, 0.05) is 35.6 Å². The molecule has 33 heavy (non-hydrogen) atoms. The minimum absolute atomic E-state index is 0.0586. The summed E-state index contributed by atoms with van der Waals surface area (Å²) in [6.07, 6.45) is -0.637. The van der Waals surface area contributed by atoms with Crippen LogP contribution in [0.5, 0.6) is 46.0 Å². The number of phenolic OH excluding ortho intramolecular Hbond substituents is 6. The molecule has 4 rings (SSSR count). The highest BCUT2D eigenvalue weighted by Crippen LogP contribution is 2.47. The smallest absolute Gasteiger partial charge is 0.200 e. The molecule has 0 saturated heterocycles. The SMILES string of the molecule is COc1cc(C(=O)C[C@@H]2Cc3c(O)cc(O)cc3O[C@H]2c2ccc(O)c(O)c2)cc(O)c1O. The standard InChI is InChI=1S/C24H22O9/c1-32-22-8-12(6-20(30)23(22)31)17(27)7-13-4-15-18(28)9-14(25)10-21(15)33-24(13)11-2-3-16(26)19(29)5-11/h2-3,5-6,8-10,13,24-26,28-31H,4,7H2,1H3/t13-,24-/m0/s1. The molecule has 0 aliphatic carbocycles. The molecular weight excluding hydrogens is 432 g/mol. The van der Waals surface area contributed by atoms with Crippen molar-refractivity contribution in [2.75, 3.05) is 7.11 Å². The number of rotatable bonds is 5. The molecule has 1 heterocycles. The van der Waals surface area contributed by atoms with Gasteiger partial charge in [0.2, 0.25) is 5.75 Å². The van der Waals surface area contributed by atoms with Gasteiger partial charge in [0.05, 0.1) is 7.11 Å². The van der Waals surface area contributed by atoms with Crippen LogP contribution in [0.2, 0.25) is 0 Å². The zero-order valence-electron chi connectivity index (χ0n) is 17.5. The maximum absolute atomic E-state index is 13.1. The number of hydrogen-bond acceptors (Lipinski definition) is 9. The third kappa shape index (κ3) is 4.12. The van der Waals surface area contributed by atoms with E-state index in [-0.39, 0.29) is 58.7 Å². The summed E-state index contributed by atoms with van der Waals surface area (Å²) in [7, 11) is 1.29. The number of Topliss-reactive ketones (excluding diaryl/α,β-unsaturated/α-hetero) is 1. The van der Waals surface area contributed by atoms with Gasteiger partial charge in [-0.05, 0) is 36.2 Å². The average molecular weight is 454 g/mol. The molecule has 0 radical (unpaired) electrons. The van der Waals surface area contributed by atoms with Gasteiger partial charge in [-0.25, -0.2) is 0 Å². The molecule has 6 N–H and O–H groups in total. The zero-order chi connectivity index (χ0) is 23.9. The molecule has 0 saturated carbocycles. The van der Waals surface area contributed by atoms with Crippen molar-refractivity contribution in [2.45, 2.75) is 18.9 Å². The molecule has 0 aromatic heterocycles. The summed E-state index contributed by atoms with van der Waals surface area (Å²) >= 11 is 0. The van der Waals surface area contributed by atoms with Gasteiger partial charge >= 0.3 is 0 Å². The Labute approximate surface area is 188 Å². The fraction of sp³-hybridized carbons (Fsp3) is 0.208. The third-order valence-electron chi connectivity index (χ3n) is 5.69. The molecular formula is C24H22O9. The van der Waals surface area contributed by atoms with Gasteiger partial charge in [-0.15, -0.1) is 0 Å². The van der Waals surface area contributed by atoms with Crippen LogP contribution in [-0.2, 0) is 6.42 Å². The van der Waals surface area contributed by atoms with Gasteiger partial charge in [0.1, 0.15) is 23.4 Å². The Morgan fingerprint density at radius 2 is 1.70 bits per heavy atom. The van der Waals surface area contributed by atoms with Gasteiger partial charge < -0.3 is 40.1 Å². The molecule has 0 spiro atoms. The number of ether oxygens (including phenoxy) is 2. The van der Waals surface area contributed by atoms with Crippen molar-refractivity contribution in [2.24, 2.45) is 5.92 Å². The number of aromatic hydroxyl groups is 6. The van der Waals surface area contributed by atoms with Gasteiger partial charge in [-0.1, -0.05) is 6.07 Å². The zero-order valence-corrected chi connectivity index (χ0v) is 17.5. The molecule has 9 heteroatoms. The van der Waals surface area contributed by atoms with Crippen LogP contribution in [0.3, 0.4) is 0 Å². The van der Waals surface area contributed by atoms with E-state index < -0.39 is 23.5 Å². The van der Waals surface area contributed by atoms with E-state index in [1.165, 1.54) is 37.4 Å². The Kier molecular flexibility index (Phi) is 5.55. The molecule has 1 aliphatic heterocycles. The van der Waals surface area contributed by atoms with Crippen LogP contribution < -0.4 is 9.47 Å². The molecule has 0 amide bonds. The second-order valence-corrected chi connectivity index (χ2v) is 7.87. The normalized spacial score (nSPS) is 17.1. The van der Waals surface area contributed by atoms with E-state index in [2.05, 4.69) is 0 Å². The molecule has 0 unspecified atom stereocenters. The molecule has 172 valence electrons. The van der Waals surface area contributed by atoms with Crippen molar-refractivity contribution in [3.8, 4) is 46.0 Å². The summed E-state index contributed by atoms with van der Waals surface area (Å²) in [6, 6.07) is 9.13. The summed E-state index contributed by atoms with van der Waals surface area (Å²) in [4.78, 5) is 13.1. The predicted octanol–water partition coefficient (Wildman–Crippen LogP) is 3.49. The fourth-order valence-electron chi connectivity index (χ4n) is 4.03. The number of ketones is 1. The van der Waals surface area contributed by atoms with Crippen LogP contribution >= 0.6 is 0 Å². The Bertz CT molecular complexity index is 1240. The van der Waals surface area contributed by atoms with Crippen molar-refractivity contribution in [3.05, 3.63) is 59.2 Å². The topological polar surface area (TPSA) is 157 Å². The molecule has 0 fully saturated rings. The lowest BCUT2D eigenvalue weighted by Gasteiger charge is -2.34. The summed E-state index contributed by atoms with van der Waals surface area (Å²) in [5, 5.41) is 59.5. The minimum Gasteiger partial charge on any atom is -0.508 e. The first kappa shape index (κ1) is 21.9. The number of fused-ring (bicyclic) bond motifs is 1. The Hall–Kier alpha value is -4.27. The van der Waals surface area contributed by atoms with E-state index in [1.807, 2.05) is 0 Å². The van der Waals surface area contributed by atoms with Crippen molar-refractivity contribution in [3.63, 3.8) is 0 Å². The summed E-state index contributed by atoms with van der Waals surface area (Å²) in [5.41, 5.74) is 0.994. The van der Waals surface area contributed by atoms with Crippen LogP contribution in [0.15, 0.2) is 42.5 Å². The van der Waals surface area contributed by atoms with Crippen LogP contribution in [0, 0.1) is 5.92 Å². The first-order valence-corrected chi connectivity index (χ1v) is 10.0. The van der Waals surface area contributed by atoms with E-state index in [0.29, 0.717) is 11.1 Å². The number of carbonyl (C=O) groups excluding carboxylic acids is 1. The van der Waals surface area contributed by atoms with Crippen molar-refractivity contribution in [1.29, 1.82) is 0 Å². The maximum atomic E-state index is 13.1. The fourth-order valence-corrected chi connectivity index (χ4v) is 4.03. The van der Waals surface area contributed by atoms with E-state index in [4.69, 9.17) is 9.47 Å². The van der Waals surface area contributed by atoms with E-state index in [0.717, 1.165) is 6.07 Å². The first-order valence-electron chi connectivity index (χ1n) is 10.0. The largest absolute Gasteiger partial charge is 0.508 e. The highest BCUT2D eigenvalue weighted by atomic mass is 16.5. The van der Waals surface area contributed by atoms with Crippen LogP contribution in [0.4, 0.5) is 0 Å². The van der Waals surface area contributed by atoms with Crippen LogP contribution in [0.1, 0.15) is 34.0 Å². The van der Waals surface area contributed by atoms with E-state index in [1.54, 1.807) is 6.07 Å². The molecule has 3 aromatic carbocycles. The van der Waals surface area contributed by atoms with Crippen molar-refractivity contribution >= 4 is 5.78 Å². The number of phenols is 6. The number of methoxy groups -OCH3 is 1. The van der Waals surface area contributed by atoms with Gasteiger partial charge in [-0.2, -0.15) is 0 Å². The van der Waals surface area contributed by atoms with Gasteiger partial charge in [-0.3, -0.25) is 4.79 Å². The quantitative estimate of drug-likeness (QED) is 0.251. The van der Waals surface area contributed by atoms with Gasteiger partial charge in [0.15, 0.2) is 28.8 Å². The predicted molar refractivity (Wildman–Crippen MR) is 115 cm³/mol. The molecule has 1 aliphatic rings. The summed E-state index contributed by atoms with van der Waals surface area (Å²) in [6.45, 7) is 0. The molecule has 0 bridgehead atoms. The summed E-state index contributed by atoms with van der Waals surface area (Å²) < 4.78 is 11.0. The lowest BCUT2D eigenvalue weighted by atomic mass is 9.82. The Morgan fingerprint density at radius 3 is 2.39 bits per heavy atom. The lowest BCUT2D eigenvalue weighted by molar-refractivity contribution is 0.0797. The Morgan fingerprint density at radius 1 is 0.939 bits per heavy atom. The van der Waals surface area contributed by atoms with Crippen molar-refractivity contribution < 1.29 is 44.9 Å². The second-order valence-electron chi connectivity index (χ2n) is 7.87. The summed E-state index contributed by atoms with van der Waals surface area (Å²) in [5.74, 6) is -2.77. The average Bonchev–Trinajstić information content (AvgIpc) is 2.77. The number of benzene rings is 3. The van der Waals surface area contributed by atoms with Crippen LogP contribution in [-0.4, -0.2) is 43.5 Å². The first-order chi connectivity index (χ1) is 15.7. The highest BCUT2D eigenvalue weighted by Gasteiger charge is 2.35. The molecule has 2 atom stereocenters. The van der Waals surface area contributed by atoms with E-state index in [9.17, 15) is 35.4 Å². The minimum atomic E-state index is -0.762. The highest BCUT2D eigenvalue weighted by molar-refractivity contribution is 5.97. The third-order valence-corrected chi connectivity index (χ3v) is 5.69. The van der Waals surface area contributed by atoms with Crippen LogP contribution in [0.25, 0.3) is 0 Å². The second kappa shape index (κ2) is 8.34. The maximum Gasteiger partial charge on any atom is 0.200 e. The monoisotopic (exact) mass is 454 g/mol. The molecule has 3 aromatic rings. The lowest BCUT2D eigenvalue weighted by Crippen LogP contribution is -2.28.